The van der Waals surface area contributed by atoms with Crippen LogP contribution in [-0.2, 0) is 0 Å². The average Bonchev–Trinajstić information content (AvgIpc) is 2.37. The summed E-state index contributed by atoms with van der Waals surface area (Å²) in [5.41, 5.74) is 0. The quantitative estimate of drug-likeness (QED) is 0.754. The summed E-state index contributed by atoms with van der Waals surface area (Å²) in [6, 6.07) is 0. The number of methoxy groups -OCH3 is 1. The highest BCUT2D eigenvalue weighted by Crippen LogP contribution is 2.19. The maximum Gasteiger partial charge on any atom is 0.257 e. The minimum absolute atomic E-state index is 0.569. The van der Waals surface area contributed by atoms with Crippen molar-refractivity contribution in [2.75, 3.05) is 19.0 Å². The topological polar surface area (TPSA) is 47.0 Å². The third-order valence-electron chi connectivity index (χ3n) is 2.81. The Morgan fingerprint density at radius 3 is 2.41 bits per heavy atom. The van der Waals surface area contributed by atoms with E-state index in [0.29, 0.717) is 11.8 Å². The highest BCUT2D eigenvalue weighted by molar-refractivity contribution is 5.44. The number of hydrogen-bond acceptors (Lipinski definition) is 4. The summed E-state index contributed by atoms with van der Waals surface area (Å²) in [6.07, 6.45) is 8.28. The van der Waals surface area contributed by atoms with Gasteiger partial charge in [0.15, 0.2) is 5.82 Å². The number of nitrogens with one attached hydrogen (secondary N) is 1. The molecule has 0 unspecified atom stereocenters. The van der Waals surface area contributed by atoms with E-state index in [9.17, 15) is 0 Å². The summed E-state index contributed by atoms with van der Waals surface area (Å²) in [4.78, 5) is 8.36. The van der Waals surface area contributed by atoms with Crippen LogP contribution in [0.5, 0.6) is 5.88 Å². The van der Waals surface area contributed by atoms with Crippen molar-refractivity contribution in [3.63, 3.8) is 0 Å². The normalized spacial score (nSPS) is 10.6. The van der Waals surface area contributed by atoms with Crippen molar-refractivity contribution in [1.82, 2.24) is 9.97 Å². The maximum absolute atomic E-state index is 5.16. The van der Waals surface area contributed by atoms with Crippen LogP contribution in [0.3, 0.4) is 0 Å². The van der Waals surface area contributed by atoms with Gasteiger partial charge in [0.05, 0.1) is 7.11 Å². The van der Waals surface area contributed by atoms with Crippen LogP contribution in [-0.4, -0.2) is 23.6 Å². The van der Waals surface area contributed by atoms with Gasteiger partial charge in [0, 0.05) is 18.9 Å². The molecule has 4 nitrogen and oxygen atoms in total. The van der Waals surface area contributed by atoms with Crippen LogP contribution < -0.4 is 10.1 Å². The largest absolute Gasteiger partial charge is 0.478 e. The van der Waals surface area contributed by atoms with Gasteiger partial charge in [0.1, 0.15) is 0 Å². The number of aromatic nitrogens is 2. The molecule has 1 N–H and O–H groups in total. The van der Waals surface area contributed by atoms with Gasteiger partial charge in [-0.25, -0.2) is 9.97 Å². The molecule has 1 aromatic heterocycles. The van der Waals surface area contributed by atoms with E-state index in [1.807, 2.05) is 0 Å². The van der Waals surface area contributed by atoms with E-state index in [4.69, 9.17) is 4.74 Å². The Kier molecular flexibility index (Phi) is 6.37. The average molecular weight is 237 g/mol. The molecule has 0 bridgehead atoms. The van der Waals surface area contributed by atoms with Crippen molar-refractivity contribution < 1.29 is 4.74 Å². The zero-order valence-corrected chi connectivity index (χ0v) is 11.1. The van der Waals surface area contributed by atoms with Crippen LogP contribution in [0.4, 0.5) is 5.82 Å². The van der Waals surface area contributed by atoms with Crippen LogP contribution in [0.25, 0.3) is 0 Å². The monoisotopic (exact) mass is 237 g/mol. The van der Waals surface area contributed by atoms with Crippen LogP contribution in [0.2, 0.25) is 0 Å². The summed E-state index contributed by atoms with van der Waals surface area (Å²) < 4.78 is 5.16. The number of rotatable bonds is 8. The van der Waals surface area contributed by atoms with Crippen LogP contribution in [0.15, 0.2) is 12.4 Å². The van der Waals surface area contributed by atoms with Gasteiger partial charge in [0.25, 0.3) is 5.88 Å². The molecule has 0 aromatic carbocycles. The van der Waals surface area contributed by atoms with E-state index in [1.165, 1.54) is 25.7 Å². The first-order valence-electron chi connectivity index (χ1n) is 6.40. The van der Waals surface area contributed by atoms with Gasteiger partial charge in [0.2, 0.25) is 0 Å². The summed E-state index contributed by atoms with van der Waals surface area (Å²) in [6.45, 7) is 5.40. The summed E-state index contributed by atoms with van der Waals surface area (Å²) >= 11 is 0. The minimum atomic E-state index is 0.569. The molecule has 0 fully saturated rings. The number of hydrogen-bond donors (Lipinski definition) is 1. The Bertz CT molecular complexity index is 311. The van der Waals surface area contributed by atoms with Crippen molar-refractivity contribution in [3.05, 3.63) is 12.4 Å². The van der Waals surface area contributed by atoms with Gasteiger partial charge in [-0.1, -0.05) is 26.7 Å². The molecule has 17 heavy (non-hydrogen) atoms. The van der Waals surface area contributed by atoms with Crippen LogP contribution in [0.1, 0.15) is 39.5 Å². The van der Waals surface area contributed by atoms with Gasteiger partial charge < -0.3 is 10.1 Å². The van der Waals surface area contributed by atoms with Crippen molar-refractivity contribution in [2.45, 2.75) is 39.5 Å². The highest BCUT2D eigenvalue weighted by atomic mass is 16.5. The van der Waals surface area contributed by atoms with E-state index < -0.39 is 0 Å². The molecule has 4 heteroatoms. The van der Waals surface area contributed by atoms with Gasteiger partial charge in [-0.15, -0.1) is 0 Å². The Morgan fingerprint density at radius 2 is 1.82 bits per heavy atom. The van der Waals surface area contributed by atoms with Crippen molar-refractivity contribution in [1.29, 1.82) is 0 Å². The standard InChI is InChI=1S/C13H23N3O/c1-4-6-11(7-5-2)10-16-12-13(17-3)15-9-8-14-12/h8-9,11H,4-7,10H2,1-3H3,(H,14,16). The molecule has 1 rings (SSSR count). The first-order valence-corrected chi connectivity index (χ1v) is 6.40. The van der Waals surface area contributed by atoms with Crippen LogP contribution in [0, 0.1) is 5.92 Å². The van der Waals surface area contributed by atoms with Gasteiger partial charge >= 0.3 is 0 Å². The molecule has 0 aliphatic carbocycles. The lowest BCUT2D eigenvalue weighted by molar-refractivity contribution is 0.396. The molecule has 1 aromatic rings. The first kappa shape index (κ1) is 13.7. The second-order valence-corrected chi connectivity index (χ2v) is 4.24. The maximum atomic E-state index is 5.16. The first-order chi connectivity index (χ1) is 8.31. The van der Waals surface area contributed by atoms with E-state index in [-0.39, 0.29) is 0 Å². The van der Waals surface area contributed by atoms with Gasteiger partial charge in [-0.2, -0.15) is 0 Å². The van der Waals surface area contributed by atoms with Gasteiger partial charge in [-0.3, -0.25) is 0 Å². The number of anilines is 1. The fraction of sp³-hybridized carbons (Fsp3) is 0.692. The molecule has 96 valence electrons. The zero-order valence-electron chi connectivity index (χ0n) is 11.1. The minimum Gasteiger partial charge on any atom is -0.478 e. The highest BCUT2D eigenvalue weighted by Gasteiger charge is 2.09. The Morgan fingerprint density at radius 1 is 1.18 bits per heavy atom. The third-order valence-corrected chi connectivity index (χ3v) is 2.81. The Hall–Kier alpha value is -1.32. The summed E-state index contributed by atoms with van der Waals surface area (Å²) in [5, 5.41) is 3.34. The van der Waals surface area contributed by atoms with E-state index in [1.54, 1.807) is 19.5 Å². The summed E-state index contributed by atoms with van der Waals surface area (Å²) in [7, 11) is 1.62. The molecule has 0 amide bonds. The lowest BCUT2D eigenvalue weighted by atomic mass is 9.98. The Labute approximate surface area is 104 Å². The zero-order chi connectivity index (χ0) is 12.5. The van der Waals surface area contributed by atoms with Crippen LogP contribution >= 0.6 is 0 Å². The molecule has 0 spiro atoms. The second-order valence-electron chi connectivity index (χ2n) is 4.24. The Balaban J connectivity index is 2.52. The van der Waals surface area contributed by atoms with Crippen molar-refractivity contribution in [3.8, 4) is 5.88 Å². The smallest absolute Gasteiger partial charge is 0.257 e. The molecule has 0 aliphatic rings. The van der Waals surface area contributed by atoms with Crippen molar-refractivity contribution >= 4 is 5.82 Å². The molecule has 0 aliphatic heterocycles. The predicted molar refractivity (Wildman–Crippen MR) is 70.4 cm³/mol. The van der Waals surface area contributed by atoms with E-state index >= 15 is 0 Å². The number of ether oxygens (including phenoxy) is 1. The predicted octanol–water partition coefficient (Wildman–Crippen LogP) is 3.11. The van der Waals surface area contributed by atoms with Crippen molar-refractivity contribution in [2.24, 2.45) is 5.92 Å². The number of nitrogens with zero attached hydrogens (tertiary/aromatic N) is 2. The third kappa shape index (κ3) is 4.59. The molecule has 0 radical (unpaired) electrons. The molecule has 0 atom stereocenters. The molecule has 0 saturated carbocycles. The second kappa shape index (κ2) is 7.87. The lowest BCUT2D eigenvalue weighted by Gasteiger charge is -2.16. The fourth-order valence-corrected chi connectivity index (χ4v) is 2.00. The molecule has 1 heterocycles. The fourth-order valence-electron chi connectivity index (χ4n) is 2.00. The SMILES string of the molecule is CCCC(CCC)CNc1nccnc1OC. The van der Waals surface area contributed by atoms with Gasteiger partial charge in [-0.05, 0) is 18.8 Å². The van der Waals surface area contributed by atoms with E-state index in [0.717, 1.165) is 12.4 Å². The molecular formula is C13H23N3O. The molecule has 0 saturated heterocycles. The lowest BCUT2D eigenvalue weighted by Crippen LogP contribution is -2.15. The molecular weight excluding hydrogens is 214 g/mol. The summed E-state index contributed by atoms with van der Waals surface area (Å²) in [5.74, 6) is 2.02. The van der Waals surface area contributed by atoms with E-state index in [2.05, 4.69) is 29.1 Å².